The van der Waals surface area contributed by atoms with Crippen molar-refractivity contribution in [1.82, 2.24) is 10.2 Å². The number of nitrogens with one attached hydrogen (secondary N) is 1. The van der Waals surface area contributed by atoms with Gasteiger partial charge in [0.2, 0.25) is 11.8 Å². The fraction of sp³-hybridized carbons (Fsp3) is 0.556. The summed E-state index contributed by atoms with van der Waals surface area (Å²) >= 11 is 0. The van der Waals surface area contributed by atoms with Crippen LogP contribution < -0.4 is 5.32 Å². The molecule has 2 amide bonds. The zero-order valence-corrected chi connectivity index (χ0v) is 14.5. The zero-order chi connectivity index (χ0) is 17.2. The van der Waals surface area contributed by atoms with E-state index in [1.54, 1.807) is 11.8 Å². The van der Waals surface area contributed by atoms with E-state index in [-0.39, 0.29) is 17.9 Å². The molecule has 1 N–H and O–H groups in total. The monoisotopic (exact) mass is 320 g/mol. The van der Waals surface area contributed by atoms with Crippen LogP contribution in [-0.4, -0.2) is 42.0 Å². The quantitative estimate of drug-likeness (QED) is 0.711. The summed E-state index contributed by atoms with van der Waals surface area (Å²) in [7, 11) is 0. The molecule has 5 nitrogen and oxygen atoms in total. The Morgan fingerprint density at radius 3 is 2.39 bits per heavy atom. The van der Waals surface area contributed by atoms with Crippen LogP contribution in [0.1, 0.15) is 39.7 Å². The summed E-state index contributed by atoms with van der Waals surface area (Å²) in [4.78, 5) is 25.7. The molecule has 0 radical (unpaired) electrons. The van der Waals surface area contributed by atoms with E-state index in [2.05, 4.69) is 5.32 Å². The van der Waals surface area contributed by atoms with Gasteiger partial charge < -0.3 is 15.0 Å². The molecule has 0 aliphatic heterocycles. The molecule has 23 heavy (non-hydrogen) atoms. The van der Waals surface area contributed by atoms with E-state index < -0.39 is 6.04 Å². The molecule has 1 aromatic carbocycles. The van der Waals surface area contributed by atoms with Crippen molar-refractivity contribution in [2.24, 2.45) is 0 Å². The Hall–Kier alpha value is -1.88. The second kappa shape index (κ2) is 10.0. The number of amides is 2. The van der Waals surface area contributed by atoms with E-state index in [1.807, 2.05) is 44.2 Å². The van der Waals surface area contributed by atoms with Crippen LogP contribution in [-0.2, 0) is 20.9 Å². The number of ether oxygens (including phenoxy) is 1. The molecule has 1 rings (SSSR count). The minimum Gasteiger partial charge on any atom is -0.379 e. The van der Waals surface area contributed by atoms with Crippen LogP contribution in [0.15, 0.2) is 30.3 Å². The third-order valence-electron chi connectivity index (χ3n) is 3.52. The van der Waals surface area contributed by atoms with E-state index in [9.17, 15) is 9.59 Å². The van der Waals surface area contributed by atoms with Crippen molar-refractivity contribution in [3.63, 3.8) is 0 Å². The van der Waals surface area contributed by atoms with Crippen LogP contribution in [0, 0.1) is 0 Å². The molecule has 0 aliphatic rings. The molecule has 0 saturated carbocycles. The molecule has 0 bridgehead atoms. The average Bonchev–Trinajstić information content (AvgIpc) is 2.51. The molecule has 0 saturated heterocycles. The Morgan fingerprint density at radius 2 is 1.83 bits per heavy atom. The van der Waals surface area contributed by atoms with Gasteiger partial charge in [-0.2, -0.15) is 0 Å². The first kappa shape index (κ1) is 19.2. The highest BCUT2D eigenvalue weighted by molar-refractivity contribution is 5.86. The van der Waals surface area contributed by atoms with Crippen molar-refractivity contribution in [1.29, 1.82) is 0 Å². The highest BCUT2D eigenvalue weighted by atomic mass is 16.5. The van der Waals surface area contributed by atoms with Gasteiger partial charge in [-0.05, 0) is 32.8 Å². The number of hydrogen-bond donors (Lipinski definition) is 1. The van der Waals surface area contributed by atoms with E-state index in [1.165, 1.54) is 6.92 Å². The van der Waals surface area contributed by atoms with Crippen LogP contribution in [0.5, 0.6) is 0 Å². The highest BCUT2D eigenvalue weighted by Crippen LogP contribution is 2.09. The van der Waals surface area contributed by atoms with Crippen LogP contribution in [0.4, 0.5) is 0 Å². The predicted molar refractivity (Wildman–Crippen MR) is 90.8 cm³/mol. The van der Waals surface area contributed by atoms with Crippen molar-refractivity contribution < 1.29 is 14.3 Å². The Bertz CT molecular complexity index is 488. The zero-order valence-electron chi connectivity index (χ0n) is 14.5. The van der Waals surface area contributed by atoms with Crippen LogP contribution in [0.2, 0.25) is 0 Å². The van der Waals surface area contributed by atoms with Crippen molar-refractivity contribution in [2.45, 2.75) is 52.8 Å². The van der Waals surface area contributed by atoms with Crippen LogP contribution in [0.25, 0.3) is 0 Å². The molecule has 0 fully saturated rings. The van der Waals surface area contributed by atoms with Gasteiger partial charge in [0.25, 0.3) is 0 Å². The summed E-state index contributed by atoms with van der Waals surface area (Å²) in [6, 6.07) is 9.17. The lowest BCUT2D eigenvalue weighted by molar-refractivity contribution is -0.139. The van der Waals surface area contributed by atoms with E-state index >= 15 is 0 Å². The van der Waals surface area contributed by atoms with Crippen LogP contribution in [0.3, 0.4) is 0 Å². The maximum atomic E-state index is 12.2. The Balaban J connectivity index is 2.48. The largest absolute Gasteiger partial charge is 0.379 e. The molecule has 0 heterocycles. The molecule has 128 valence electrons. The minimum atomic E-state index is -0.501. The maximum Gasteiger partial charge on any atom is 0.242 e. The lowest BCUT2D eigenvalue weighted by atomic mass is 10.1. The second-order valence-electron chi connectivity index (χ2n) is 5.87. The summed E-state index contributed by atoms with van der Waals surface area (Å²) in [5.41, 5.74) is 1.01. The third-order valence-corrected chi connectivity index (χ3v) is 3.52. The summed E-state index contributed by atoms with van der Waals surface area (Å²) in [5.74, 6) is -0.250. The van der Waals surface area contributed by atoms with Gasteiger partial charge >= 0.3 is 0 Å². The van der Waals surface area contributed by atoms with Gasteiger partial charge in [-0.3, -0.25) is 9.59 Å². The number of carbonyl (C=O) groups excluding carboxylic acids is 2. The van der Waals surface area contributed by atoms with Crippen molar-refractivity contribution >= 4 is 11.8 Å². The SMILES string of the molecule is CC(=O)N(Cc1ccccc1)[C@@H](C)C(=O)NCCCOC(C)C. The van der Waals surface area contributed by atoms with E-state index in [4.69, 9.17) is 4.74 Å². The van der Waals surface area contributed by atoms with Gasteiger partial charge in [-0.25, -0.2) is 0 Å². The molecule has 5 heteroatoms. The molecule has 0 unspecified atom stereocenters. The van der Waals surface area contributed by atoms with Gasteiger partial charge in [-0.15, -0.1) is 0 Å². The molecule has 0 spiro atoms. The average molecular weight is 320 g/mol. The fourth-order valence-corrected chi connectivity index (χ4v) is 2.19. The van der Waals surface area contributed by atoms with Crippen molar-refractivity contribution in [3.05, 3.63) is 35.9 Å². The first-order chi connectivity index (χ1) is 10.9. The van der Waals surface area contributed by atoms with Gasteiger partial charge in [-0.1, -0.05) is 30.3 Å². The van der Waals surface area contributed by atoms with Crippen molar-refractivity contribution in [2.75, 3.05) is 13.2 Å². The summed E-state index contributed by atoms with van der Waals surface area (Å²) < 4.78 is 5.43. The topological polar surface area (TPSA) is 58.6 Å². The number of carbonyl (C=O) groups is 2. The Kier molecular flexibility index (Phi) is 8.33. The summed E-state index contributed by atoms with van der Waals surface area (Å²) in [6.45, 7) is 8.80. The van der Waals surface area contributed by atoms with Gasteiger partial charge in [0, 0.05) is 26.6 Å². The number of nitrogens with zero attached hydrogens (tertiary/aromatic N) is 1. The molecule has 0 aromatic heterocycles. The molecule has 0 aliphatic carbocycles. The smallest absolute Gasteiger partial charge is 0.242 e. The van der Waals surface area contributed by atoms with E-state index in [0.717, 1.165) is 12.0 Å². The number of benzene rings is 1. The molecule has 1 atom stereocenters. The van der Waals surface area contributed by atoms with Gasteiger partial charge in [0.05, 0.1) is 6.10 Å². The third kappa shape index (κ3) is 7.28. The fourth-order valence-electron chi connectivity index (χ4n) is 2.19. The summed E-state index contributed by atoms with van der Waals surface area (Å²) in [5, 5.41) is 2.86. The highest BCUT2D eigenvalue weighted by Gasteiger charge is 2.23. The lowest BCUT2D eigenvalue weighted by Crippen LogP contribution is -2.47. The first-order valence-corrected chi connectivity index (χ1v) is 8.12. The van der Waals surface area contributed by atoms with Crippen LogP contribution >= 0.6 is 0 Å². The molecular formula is C18H28N2O3. The molecule has 1 aromatic rings. The second-order valence-corrected chi connectivity index (χ2v) is 5.87. The normalized spacial score (nSPS) is 12.0. The van der Waals surface area contributed by atoms with Crippen molar-refractivity contribution in [3.8, 4) is 0 Å². The molecular weight excluding hydrogens is 292 g/mol. The standard InChI is InChI=1S/C18H28N2O3/c1-14(2)23-12-8-11-19-18(22)15(3)20(16(4)21)13-17-9-6-5-7-10-17/h5-7,9-10,14-15H,8,11-13H2,1-4H3,(H,19,22)/t15-/m0/s1. The summed E-state index contributed by atoms with van der Waals surface area (Å²) in [6.07, 6.45) is 0.957. The lowest BCUT2D eigenvalue weighted by Gasteiger charge is -2.27. The number of rotatable bonds is 9. The Labute approximate surface area is 139 Å². The minimum absolute atomic E-state index is 0.111. The van der Waals surface area contributed by atoms with Gasteiger partial charge in [0.15, 0.2) is 0 Å². The van der Waals surface area contributed by atoms with Gasteiger partial charge in [0.1, 0.15) is 6.04 Å². The predicted octanol–water partition coefficient (Wildman–Crippen LogP) is 2.35. The van der Waals surface area contributed by atoms with E-state index in [0.29, 0.717) is 19.7 Å². The Morgan fingerprint density at radius 1 is 1.17 bits per heavy atom. The first-order valence-electron chi connectivity index (χ1n) is 8.12. The number of hydrogen-bond acceptors (Lipinski definition) is 3. The maximum absolute atomic E-state index is 12.2.